The van der Waals surface area contributed by atoms with E-state index in [-0.39, 0.29) is 12.4 Å². The van der Waals surface area contributed by atoms with Gasteiger partial charge in [-0.05, 0) is 25.0 Å². The second kappa shape index (κ2) is 6.29. The minimum Gasteiger partial charge on any atom is -0.396 e. The first-order chi connectivity index (χ1) is 11.7. The summed E-state index contributed by atoms with van der Waals surface area (Å²) in [5.74, 6) is 1.13. The number of rotatable bonds is 6. The number of hydrogen-bond donors (Lipinski definition) is 3. The average molecular weight is 345 g/mol. The molecule has 0 amide bonds. The molecular formula is C16H16FN5OS. The molecule has 0 saturated heterocycles. The molecule has 4 rings (SSSR count). The fourth-order valence-corrected chi connectivity index (χ4v) is 3.38. The van der Waals surface area contributed by atoms with Crippen LogP contribution in [-0.4, -0.2) is 31.9 Å². The maximum Gasteiger partial charge on any atom is 0.184 e. The van der Waals surface area contributed by atoms with Crippen molar-refractivity contribution in [2.45, 2.75) is 25.2 Å². The molecule has 0 bridgehead atoms. The van der Waals surface area contributed by atoms with Gasteiger partial charge in [0.15, 0.2) is 23.3 Å². The lowest BCUT2D eigenvalue weighted by Crippen LogP contribution is -2.00. The topological polar surface area (TPSA) is 86.7 Å². The van der Waals surface area contributed by atoms with E-state index in [1.165, 1.54) is 24.2 Å². The van der Waals surface area contributed by atoms with E-state index in [4.69, 9.17) is 5.11 Å². The molecule has 3 aromatic heterocycles. The predicted octanol–water partition coefficient (Wildman–Crippen LogP) is 3.22. The number of aromatic amines is 1. The lowest BCUT2D eigenvalue weighted by molar-refractivity contribution is 0.300. The summed E-state index contributed by atoms with van der Waals surface area (Å²) in [6.07, 6.45) is 4.09. The molecule has 6 nitrogen and oxygen atoms in total. The van der Waals surface area contributed by atoms with E-state index < -0.39 is 5.82 Å². The molecule has 0 aromatic carbocycles. The van der Waals surface area contributed by atoms with E-state index in [2.05, 4.69) is 25.5 Å². The zero-order valence-corrected chi connectivity index (χ0v) is 13.6. The molecule has 1 saturated carbocycles. The Kier molecular flexibility index (Phi) is 3.99. The van der Waals surface area contributed by atoms with Crippen molar-refractivity contribution in [1.29, 1.82) is 0 Å². The van der Waals surface area contributed by atoms with E-state index in [1.807, 2.05) is 18.2 Å². The van der Waals surface area contributed by atoms with Gasteiger partial charge in [0.2, 0.25) is 0 Å². The Labute approximate surface area is 141 Å². The summed E-state index contributed by atoms with van der Waals surface area (Å²) >= 11 is 1.49. The summed E-state index contributed by atoms with van der Waals surface area (Å²) in [6.45, 7) is 0.0967. The van der Waals surface area contributed by atoms with Gasteiger partial charge >= 0.3 is 0 Å². The van der Waals surface area contributed by atoms with Crippen LogP contribution in [0.1, 0.15) is 29.3 Å². The van der Waals surface area contributed by atoms with Crippen molar-refractivity contribution >= 4 is 23.0 Å². The van der Waals surface area contributed by atoms with Gasteiger partial charge in [0.25, 0.3) is 0 Å². The lowest BCUT2D eigenvalue weighted by atomic mass is 10.3. The minimum absolute atomic E-state index is 0.0967. The van der Waals surface area contributed by atoms with Crippen molar-refractivity contribution in [2.75, 3.05) is 11.9 Å². The first kappa shape index (κ1) is 15.2. The van der Waals surface area contributed by atoms with Gasteiger partial charge in [0.1, 0.15) is 0 Å². The minimum atomic E-state index is -0.526. The van der Waals surface area contributed by atoms with Crippen LogP contribution in [0.5, 0.6) is 0 Å². The van der Waals surface area contributed by atoms with Gasteiger partial charge in [0.05, 0.1) is 11.1 Å². The Balaban J connectivity index is 1.57. The fourth-order valence-electron chi connectivity index (χ4n) is 2.44. The fraction of sp³-hybridized carbons (Fsp3) is 0.312. The third-order valence-corrected chi connectivity index (χ3v) is 4.99. The van der Waals surface area contributed by atoms with Gasteiger partial charge in [-0.3, -0.25) is 5.10 Å². The summed E-state index contributed by atoms with van der Waals surface area (Å²) in [5, 5.41) is 19.0. The van der Waals surface area contributed by atoms with Crippen molar-refractivity contribution in [1.82, 2.24) is 20.2 Å². The number of thiophene rings is 1. The SMILES string of the molecule is OCCc1ccc(-c2ncc(F)c(Nc3cc(C4CC4)[nH]n3)n2)s1. The van der Waals surface area contributed by atoms with Gasteiger partial charge < -0.3 is 10.4 Å². The molecule has 1 aliphatic rings. The number of nitrogens with zero attached hydrogens (tertiary/aromatic N) is 3. The molecule has 24 heavy (non-hydrogen) atoms. The van der Waals surface area contributed by atoms with Crippen LogP contribution in [0.15, 0.2) is 24.4 Å². The van der Waals surface area contributed by atoms with E-state index in [0.717, 1.165) is 21.6 Å². The van der Waals surface area contributed by atoms with Crippen LogP contribution >= 0.6 is 11.3 Å². The molecule has 0 unspecified atom stereocenters. The average Bonchev–Trinajstić information content (AvgIpc) is 3.14. The number of anilines is 2. The van der Waals surface area contributed by atoms with Crippen LogP contribution < -0.4 is 5.32 Å². The number of aliphatic hydroxyl groups excluding tert-OH is 1. The van der Waals surface area contributed by atoms with Gasteiger partial charge in [-0.1, -0.05) is 0 Å². The first-order valence-corrected chi connectivity index (χ1v) is 8.59. The van der Waals surface area contributed by atoms with Gasteiger partial charge in [-0.2, -0.15) is 5.10 Å². The highest BCUT2D eigenvalue weighted by atomic mass is 32.1. The van der Waals surface area contributed by atoms with Crippen molar-refractivity contribution in [3.8, 4) is 10.7 Å². The molecule has 0 radical (unpaired) electrons. The number of aliphatic hydroxyl groups is 1. The highest BCUT2D eigenvalue weighted by molar-refractivity contribution is 7.15. The van der Waals surface area contributed by atoms with Crippen LogP contribution in [0.4, 0.5) is 16.0 Å². The van der Waals surface area contributed by atoms with Crippen molar-refractivity contribution < 1.29 is 9.50 Å². The number of H-pyrrole nitrogens is 1. The summed E-state index contributed by atoms with van der Waals surface area (Å²) in [7, 11) is 0. The first-order valence-electron chi connectivity index (χ1n) is 7.78. The normalized spacial score (nSPS) is 14.1. The number of halogens is 1. The predicted molar refractivity (Wildman–Crippen MR) is 89.9 cm³/mol. The monoisotopic (exact) mass is 345 g/mol. The smallest absolute Gasteiger partial charge is 0.184 e. The quantitative estimate of drug-likeness (QED) is 0.638. The summed E-state index contributed by atoms with van der Waals surface area (Å²) < 4.78 is 14.0. The molecule has 3 aromatic rings. The van der Waals surface area contributed by atoms with Crippen molar-refractivity contribution in [3.63, 3.8) is 0 Å². The molecule has 3 heterocycles. The molecule has 1 aliphatic carbocycles. The van der Waals surface area contributed by atoms with E-state index in [0.29, 0.717) is 24.0 Å². The molecule has 0 aliphatic heterocycles. The van der Waals surface area contributed by atoms with Crippen LogP contribution in [0, 0.1) is 5.82 Å². The van der Waals surface area contributed by atoms with Crippen LogP contribution in [0.2, 0.25) is 0 Å². The second-order valence-electron chi connectivity index (χ2n) is 5.74. The van der Waals surface area contributed by atoms with E-state index in [1.54, 1.807) is 0 Å². The Bertz CT molecular complexity index is 858. The van der Waals surface area contributed by atoms with Crippen LogP contribution in [0.3, 0.4) is 0 Å². The Morgan fingerprint density at radius 3 is 3.04 bits per heavy atom. The molecule has 1 fully saturated rings. The summed E-state index contributed by atoms with van der Waals surface area (Å²) in [6, 6.07) is 5.70. The molecule has 3 N–H and O–H groups in total. The van der Waals surface area contributed by atoms with Crippen molar-refractivity contribution in [2.24, 2.45) is 0 Å². The standard InChI is InChI=1S/C16H16FN5OS/c17-11-8-18-16(13-4-3-10(24-13)5-6-23)20-15(11)19-14-7-12(21-22-14)9-1-2-9/h3-4,7-9,23H,1-2,5-6H2,(H2,18,19,20,21,22). The Morgan fingerprint density at radius 2 is 2.25 bits per heavy atom. The maximum absolute atomic E-state index is 14.0. The third kappa shape index (κ3) is 3.15. The summed E-state index contributed by atoms with van der Waals surface area (Å²) in [4.78, 5) is 10.2. The molecular weight excluding hydrogens is 329 g/mol. The highest BCUT2D eigenvalue weighted by Gasteiger charge is 2.25. The summed E-state index contributed by atoms with van der Waals surface area (Å²) in [5.41, 5.74) is 1.07. The molecule has 8 heteroatoms. The molecule has 0 spiro atoms. The highest BCUT2D eigenvalue weighted by Crippen LogP contribution is 2.39. The zero-order valence-electron chi connectivity index (χ0n) is 12.8. The van der Waals surface area contributed by atoms with E-state index >= 15 is 0 Å². The Hall–Kier alpha value is -2.32. The number of nitrogens with one attached hydrogen (secondary N) is 2. The largest absolute Gasteiger partial charge is 0.396 e. The second-order valence-corrected chi connectivity index (χ2v) is 6.91. The zero-order chi connectivity index (χ0) is 16.5. The third-order valence-electron chi connectivity index (χ3n) is 3.85. The van der Waals surface area contributed by atoms with Gasteiger partial charge in [-0.25, -0.2) is 14.4 Å². The van der Waals surface area contributed by atoms with E-state index in [9.17, 15) is 4.39 Å². The van der Waals surface area contributed by atoms with Gasteiger partial charge in [-0.15, -0.1) is 11.3 Å². The van der Waals surface area contributed by atoms with Crippen LogP contribution in [0.25, 0.3) is 10.7 Å². The van der Waals surface area contributed by atoms with Crippen LogP contribution in [-0.2, 0) is 6.42 Å². The van der Waals surface area contributed by atoms with Crippen molar-refractivity contribution in [3.05, 3.63) is 40.8 Å². The molecule has 124 valence electrons. The maximum atomic E-state index is 14.0. The number of hydrogen-bond acceptors (Lipinski definition) is 6. The molecule has 0 atom stereocenters. The Morgan fingerprint density at radius 1 is 1.38 bits per heavy atom. The lowest BCUT2D eigenvalue weighted by Gasteiger charge is -2.04. The number of aromatic nitrogens is 4. The van der Waals surface area contributed by atoms with Gasteiger partial charge in [0, 0.05) is 35.6 Å².